The molecule has 0 fully saturated rings. The topological polar surface area (TPSA) is 68.0 Å². The molecular formula is C16H15N3OS. The molecule has 3 aromatic rings. The monoisotopic (exact) mass is 297 g/mol. The first-order valence-electron chi connectivity index (χ1n) is 6.57. The van der Waals surface area contributed by atoms with Gasteiger partial charge in [0.2, 0.25) is 0 Å². The Balaban J connectivity index is 1.89. The van der Waals surface area contributed by atoms with Crippen LogP contribution < -0.4 is 11.1 Å². The third-order valence-corrected chi connectivity index (χ3v) is 4.35. The predicted octanol–water partition coefficient (Wildman–Crippen LogP) is 3.75. The van der Waals surface area contributed by atoms with E-state index in [1.807, 2.05) is 50.2 Å². The Hall–Kier alpha value is -2.40. The molecule has 3 N–H and O–H groups in total. The summed E-state index contributed by atoms with van der Waals surface area (Å²) >= 11 is 1.45. The van der Waals surface area contributed by atoms with Crippen LogP contribution in [0.2, 0.25) is 0 Å². The number of hydrogen-bond acceptors (Lipinski definition) is 4. The van der Waals surface area contributed by atoms with Gasteiger partial charge in [-0.3, -0.25) is 9.78 Å². The van der Waals surface area contributed by atoms with Gasteiger partial charge in [0.1, 0.15) is 0 Å². The molecule has 0 bridgehead atoms. The first kappa shape index (κ1) is 13.6. The molecule has 0 radical (unpaired) electrons. The summed E-state index contributed by atoms with van der Waals surface area (Å²) in [6.07, 6.45) is 0. The number of rotatable bonds is 2. The van der Waals surface area contributed by atoms with E-state index in [2.05, 4.69) is 10.3 Å². The largest absolute Gasteiger partial charge is 0.399 e. The lowest BCUT2D eigenvalue weighted by Crippen LogP contribution is -2.11. The zero-order valence-corrected chi connectivity index (χ0v) is 12.6. The van der Waals surface area contributed by atoms with Crippen LogP contribution in [0.5, 0.6) is 0 Å². The number of thiophene rings is 1. The number of amides is 1. The second-order valence-corrected chi connectivity index (χ2v) is 6.03. The molecule has 3 rings (SSSR count). The molecule has 0 saturated carbocycles. The van der Waals surface area contributed by atoms with Crippen molar-refractivity contribution >= 4 is 38.7 Å². The second-order valence-electron chi connectivity index (χ2n) is 4.95. The van der Waals surface area contributed by atoms with E-state index in [9.17, 15) is 4.79 Å². The van der Waals surface area contributed by atoms with Gasteiger partial charge in [-0.25, -0.2) is 0 Å². The molecule has 21 heavy (non-hydrogen) atoms. The summed E-state index contributed by atoms with van der Waals surface area (Å²) in [6, 6.07) is 11.3. The molecule has 0 aliphatic heterocycles. The van der Waals surface area contributed by atoms with E-state index < -0.39 is 0 Å². The van der Waals surface area contributed by atoms with Crippen molar-refractivity contribution in [2.24, 2.45) is 0 Å². The highest BCUT2D eigenvalue weighted by molar-refractivity contribution is 7.20. The zero-order chi connectivity index (χ0) is 15.0. The SMILES string of the molecule is Cc1ccc(NC(=O)c2cc3cc(N)ccc3s2)c(C)n1. The molecule has 106 valence electrons. The lowest BCUT2D eigenvalue weighted by molar-refractivity contribution is 0.103. The lowest BCUT2D eigenvalue weighted by Gasteiger charge is -2.07. The van der Waals surface area contributed by atoms with Gasteiger partial charge in [0.25, 0.3) is 5.91 Å². The smallest absolute Gasteiger partial charge is 0.265 e. The van der Waals surface area contributed by atoms with Crippen molar-refractivity contribution < 1.29 is 4.79 Å². The number of nitrogens with two attached hydrogens (primary N) is 1. The average molecular weight is 297 g/mol. The van der Waals surface area contributed by atoms with Crippen LogP contribution in [0.4, 0.5) is 11.4 Å². The van der Waals surface area contributed by atoms with E-state index >= 15 is 0 Å². The van der Waals surface area contributed by atoms with Crippen LogP contribution in [0.1, 0.15) is 21.1 Å². The van der Waals surface area contributed by atoms with Gasteiger partial charge in [-0.2, -0.15) is 0 Å². The number of carbonyl (C=O) groups excluding carboxylic acids is 1. The highest BCUT2D eigenvalue weighted by Gasteiger charge is 2.12. The maximum Gasteiger partial charge on any atom is 0.265 e. The Bertz CT molecular complexity index is 839. The maximum absolute atomic E-state index is 12.3. The first-order chi connectivity index (χ1) is 10.0. The van der Waals surface area contributed by atoms with Gasteiger partial charge in [-0.15, -0.1) is 11.3 Å². The molecule has 1 aromatic carbocycles. The van der Waals surface area contributed by atoms with Crippen LogP contribution in [-0.2, 0) is 0 Å². The van der Waals surface area contributed by atoms with E-state index in [1.165, 1.54) is 11.3 Å². The van der Waals surface area contributed by atoms with Crippen LogP contribution >= 0.6 is 11.3 Å². The molecule has 0 unspecified atom stereocenters. The molecule has 1 amide bonds. The quantitative estimate of drug-likeness (QED) is 0.708. The lowest BCUT2D eigenvalue weighted by atomic mass is 10.2. The number of hydrogen-bond donors (Lipinski definition) is 2. The number of fused-ring (bicyclic) bond motifs is 1. The summed E-state index contributed by atoms with van der Waals surface area (Å²) in [7, 11) is 0. The van der Waals surface area contributed by atoms with Crippen molar-refractivity contribution in [3.63, 3.8) is 0 Å². The molecule has 2 heterocycles. The van der Waals surface area contributed by atoms with Crippen LogP contribution in [0.25, 0.3) is 10.1 Å². The van der Waals surface area contributed by atoms with Crippen LogP contribution in [0.3, 0.4) is 0 Å². The number of nitrogens with zero attached hydrogens (tertiary/aromatic N) is 1. The van der Waals surface area contributed by atoms with E-state index in [-0.39, 0.29) is 5.91 Å². The van der Waals surface area contributed by atoms with E-state index in [4.69, 9.17) is 5.73 Å². The number of pyridine rings is 1. The summed E-state index contributed by atoms with van der Waals surface area (Å²) in [4.78, 5) is 17.4. The van der Waals surface area contributed by atoms with E-state index in [0.717, 1.165) is 27.2 Å². The summed E-state index contributed by atoms with van der Waals surface area (Å²) in [6.45, 7) is 3.81. The van der Waals surface area contributed by atoms with Crippen LogP contribution in [0, 0.1) is 13.8 Å². The number of benzene rings is 1. The van der Waals surface area contributed by atoms with Gasteiger partial charge in [0, 0.05) is 16.1 Å². The summed E-state index contributed by atoms with van der Waals surface area (Å²) in [5.74, 6) is -0.122. The van der Waals surface area contributed by atoms with Crippen molar-refractivity contribution in [3.05, 3.63) is 52.7 Å². The van der Waals surface area contributed by atoms with Gasteiger partial charge >= 0.3 is 0 Å². The molecule has 0 atom stereocenters. The third kappa shape index (κ3) is 2.73. The number of aromatic nitrogens is 1. The first-order valence-corrected chi connectivity index (χ1v) is 7.39. The number of anilines is 2. The third-order valence-electron chi connectivity index (χ3n) is 3.24. The Morgan fingerprint density at radius 1 is 1.19 bits per heavy atom. The minimum Gasteiger partial charge on any atom is -0.399 e. The molecule has 4 nitrogen and oxygen atoms in total. The van der Waals surface area contributed by atoms with Crippen molar-refractivity contribution in [1.29, 1.82) is 0 Å². The summed E-state index contributed by atoms with van der Waals surface area (Å²) in [5.41, 5.74) is 8.95. The molecule has 0 saturated heterocycles. The fourth-order valence-electron chi connectivity index (χ4n) is 2.18. The maximum atomic E-state index is 12.3. The van der Waals surface area contributed by atoms with Gasteiger partial charge in [-0.05, 0) is 55.6 Å². The Kier molecular flexibility index (Phi) is 3.35. The van der Waals surface area contributed by atoms with Crippen molar-refractivity contribution in [3.8, 4) is 0 Å². The molecule has 0 aliphatic carbocycles. The zero-order valence-electron chi connectivity index (χ0n) is 11.8. The van der Waals surface area contributed by atoms with Gasteiger partial charge in [0.15, 0.2) is 0 Å². The fraction of sp³-hybridized carbons (Fsp3) is 0.125. The molecule has 2 aromatic heterocycles. The number of aryl methyl sites for hydroxylation is 2. The fourth-order valence-corrected chi connectivity index (χ4v) is 3.11. The van der Waals surface area contributed by atoms with Gasteiger partial charge in [0.05, 0.1) is 16.3 Å². The Labute approximate surface area is 126 Å². The minimum absolute atomic E-state index is 0.122. The summed E-state index contributed by atoms with van der Waals surface area (Å²) < 4.78 is 1.05. The van der Waals surface area contributed by atoms with Gasteiger partial charge < -0.3 is 11.1 Å². The highest BCUT2D eigenvalue weighted by Crippen LogP contribution is 2.28. The van der Waals surface area contributed by atoms with Crippen LogP contribution in [0.15, 0.2) is 36.4 Å². The molecular weight excluding hydrogens is 282 g/mol. The van der Waals surface area contributed by atoms with Crippen LogP contribution in [-0.4, -0.2) is 10.9 Å². The number of carbonyl (C=O) groups is 1. The molecule has 0 aliphatic rings. The predicted molar refractivity (Wildman–Crippen MR) is 87.9 cm³/mol. The van der Waals surface area contributed by atoms with E-state index in [0.29, 0.717) is 10.6 Å². The highest BCUT2D eigenvalue weighted by atomic mass is 32.1. The molecule has 0 spiro atoms. The normalized spacial score (nSPS) is 10.8. The summed E-state index contributed by atoms with van der Waals surface area (Å²) in [5, 5.41) is 3.90. The minimum atomic E-state index is -0.122. The Morgan fingerprint density at radius 2 is 2.00 bits per heavy atom. The van der Waals surface area contributed by atoms with Crippen molar-refractivity contribution in [1.82, 2.24) is 4.98 Å². The standard InChI is InChI=1S/C16H15N3OS/c1-9-3-5-13(10(2)18-9)19-16(20)15-8-11-7-12(17)4-6-14(11)21-15/h3-8H,17H2,1-2H3,(H,19,20). The number of nitrogens with one attached hydrogen (secondary N) is 1. The van der Waals surface area contributed by atoms with Gasteiger partial charge in [-0.1, -0.05) is 0 Å². The number of nitrogen functional groups attached to an aromatic ring is 1. The average Bonchev–Trinajstić information content (AvgIpc) is 2.85. The van der Waals surface area contributed by atoms with E-state index in [1.54, 1.807) is 0 Å². The van der Waals surface area contributed by atoms with Crippen molar-refractivity contribution in [2.75, 3.05) is 11.1 Å². The Morgan fingerprint density at radius 3 is 2.76 bits per heavy atom. The van der Waals surface area contributed by atoms with Crippen molar-refractivity contribution in [2.45, 2.75) is 13.8 Å². The second kappa shape index (κ2) is 5.18. The molecule has 5 heteroatoms.